The summed E-state index contributed by atoms with van der Waals surface area (Å²) in [5, 5.41) is 2.54. The first-order valence-electron chi connectivity index (χ1n) is 5.38. The van der Waals surface area contributed by atoms with E-state index < -0.39 is 0 Å². The van der Waals surface area contributed by atoms with Gasteiger partial charge in [0.25, 0.3) is 0 Å². The van der Waals surface area contributed by atoms with Crippen LogP contribution in [0.3, 0.4) is 0 Å². The van der Waals surface area contributed by atoms with Gasteiger partial charge in [-0.2, -0.15) is 0 Å². The third kappa shape index (κ3) is 1.82. The lowest BCUT2D eigenvalue weighted by molar-refractivity contribution is -0.125. The number of hydrogen-bond acceptors (Lipinski definition) is 3. The van der Waals surface area contributed by atoms with Crippen molar-refractivity contribution in [1.82, 2.24) is 15.2 Å². The van der Waals surface area contributed by atoms with Crippen LogP contribution in [0.25, 0.3) is 0 Å². The largest absolute Gasteiger partial charge is 0.329 e. The van der Waals surface area contributed by atoms with Crippen LogP contribution in [0.15, 0.2) is 22.9 Å². The first-order chi connectivity index (χ1) is 8.16. The van der Waals surface area contributed by atoms with Gasteiger partial charge in [0.15, 0.2) is 0 Å². The van der Waals surface area contributed by atoms with Crippen molar-refractivity contribution in [3.8, 4) is 0 Å². The Bertz CT molecular complexity index is 472. The molecule has 1 aliphatic heterocycles. The first-order valence-corrected chi connectivity index (χ1v) is 6.17. The summed E-state index contributed by atoms with van der Waals surface area (Å²) in [5.41, 5.74) is 1.07. The highest BCUT2D eigenvalue weighted by Gasteiger charge is 2.49. The van der Waals surface area contributed by atoms with E-state index in [1.165, 1.54) is 4.90 Å². The van der Waals surface area contributed by atoms with Crippen LogP contribution in [-0.4, -0.2) is 34.4 Å². The molecule has 1 saturated carbocycles. The molecule has 0 aromatic carbocycles. The van der Waals surface area contributed by atoms with Gasteiger partial charge in [-0.25, -0.2) is 9.78 Å². The predicted molar refractivity (Wildman–Crippen MR) is 63.3 cm³/mol. The minimum Gasteiger partial charge on any atom is -0.329 e. The number of halogens is 1. The second kappa shape index (κ2) is 3.80. The number of pyridine rings is 1. The molecule has 1 N–H and O–H groups in total. The molecule has 17 heavy (non-hydrogen) atoms. The summed E-state index contributed by atoms with van der Waals surface area (Å²) in [6, 6.07) is 3.58. The fourth-order valence-electron chi connectivity index (χ4n) is 2.20. The molecule has 1 aromatic rings. The molecule has 1 saturated heterocycles. The van der Waals surface area contributed by atoms with Crippen LogP contribution >= 0.6 is 15.9 Å². The SMILES string of the molecule is O=C1CNC(=O)N1C1CC1c1ccc(Br)nc1. The minimum atomic E-state index is -0.271. The van der Waals surface area contributed by atoms with Crippen molar-refractivity contribution >= 4 is 27.9 Å². The van der Waals surface area contributed by atoms with E-state index in [1.807, 2.05) is 12.1 Å². The fourth-order valence-corrected chi connectivity index (χ4v) is 2.44. The molecule has 0 spiro atoms. The van der Waals surface area contributed by atoms with Crippen LogP contribution in [0.1, 0.15) is 17.9 Å². The Balaban J connectivity index is 1.76. The Labute approximate surface area is 106 Å². The number of nitrogens with zero attached hydrogens (tertiary/aromatic N) is 2. The zero-order chi connectivity index (χ0) is 12.0. The van der Waals surface area contributed by atoms with Crippen molar-refractivity contribution in [3.63, 3.8) is 0 Å². The van der Waals surface area contributed by atoms with Crippen LogP contribution in [0.4, 0.5) is 4.79 Å². The molecule has 0 radical (unpaired) electrons. The van der Waals surface area contributed by atoms with Crippen molar-refractivity contribution in [2.24, 2.45) is 0 Å². The number of rotatable bonds is 2. The number of amides is 3. The van der Waals surface area contributed by atoms with E-state index >= 15 is 0 Å². The highest BCUT2D eigenvalue weighted by Crippen LogP contribution is 2.45. The monoisotopic (exact) mass is 295 g/mol. The average Bonchev–Trinajstić information content (AvgIpc) is 3.01. The Hall–Kier alpha value is -1.43. The van der Waals surface area contributed by atoms with Gasteiger partial charge in [-0.15, -0.1) is 0 Å². The minimum absolute atomic E-state index is 0.00738. The number of hydrogen-bond donors (Lipinski definition) is 1. The van der Waals surface area contributed by atoms with E-state index in [9.17, 15) is 9.59 Å². The molecule has 6 heteroatoms. The predicted octanol–water partition coefficient (Wildman–Crippen LogP) is 1.25. The van der Waals surface area contributed by atoms with Crippen molar-refractivity contribution in [2.75, 3.05) is 6.54 Å². The number of carbonyl (C=O) groups is 2. The summed E-state index contributed by atoms with van der Waals surface area (Å²) in [6.45, 7) is 0.126. The molecule has 2 unspecified atom stereocenters. The quantitative estimate of drug-likeness (QED) is 0.660. The maximum atomic E-state index is 11.5. The summed E-state index contributed by atoms with van der Waals surface area (Å²) >= 11 is 3.28. The van der Waals surface area contributed by atoms with Gasteiger partial charge in [0.2, 0.25) is 5.91 Å². The second-order valence-corrected chi connectivity index (χ2v) is 5.06. The molecule has 2 fully saturated rings. The second-order valence-electron chi connectivity index (χ2n) is 4.25. The molecule has 88 valence electrons. The van der Waals surface area contributed by atoms with E-state index in [4.69, 9.17) is 0 Å². The van der Waals surface area contributed by atoms with Crippen molar-refractivity contribution < 1.29 is 9.59 Å². The Morgan fingerprint density at radius 1 is 1.41 bits per heavy atom. The van der Waals surface area contributed by atoms with Gasteiger partial charge in [-0.1, -0.05) is 6.07 Å². The summed E-state index contributed by atoms with van der Waals surface area (Å²) in [5.74, 6) is 0.107. The van der Waals surface area contributed by atoms with Gasteiger partial charge in [-0.3, -0.25) is 9.69 Å². The van der Waals surface area contributed by atoms with E-state index in [0.29, 0.717) is 0 Å². The summed E-state index contributed by atoms with van der Waals surface area (Å²) in [7, 11) is 0. The van der Waals surface area contributed by atoms with Crippen molar-refractivity contribution in [2.45, 2.75) is 18.4 Å². The molecular formula is C11H10BrN3O2. The number of aromatic nitrogens is 1. The summed E-state index contributed by atoms with van der Waals surface area (Å²) < 4.78 is 0.786. The topological polar surface area (TPSA) is 62.3 Å². The van der Waals surface area contributed by atoms with Crippen LogP contribution in [0.5, 0.6) is 0 Å². The maximum absolute atomic E-state index is 11.5. The zero-order valence-corrected chi connectivity index (χ0v) is 10.5. The molecule has 3 amide bonds. The van der Waals surface area contributed by atoms with Gasteiger partial charge < -0.3 is 5.32 Å². The summed E-state index contributed by atoms with van der Waals surface area (Å²) in [4.78, 5) is 28.5. The average molecular weight is 296 g/mol. The Kier molecular flexibility index (Phi) is 2.39. The normalized spacial score (nSPS) is 27.2. The van der Waals surface area contributed by atoms with Crippen molar-refractivity contribution in [3.05, 3.63) is 28.5 Å². The third-order valence-corrected chi connectivity index (χ3v) is 3.61. The number of imide groups is 1. The molecule has 5 nitrogen and oxygen atoms in total. The molecule has 2 heterocycles. The van der Waals surface area contributed by atoms with Crippen LogP contribution in [0.2, 0.25) is 0 Å². The molecule has 1 aromatic heterocycles. The fraction of sp³-hybridized carbons (Fsp3) is 0.364. The highest BCUT2D eigenvalue weighted by atomic mass is 79.9. The molecule has 3 rings (SSSR count). The van der Waals surface area contributed by atoms with Gasteiger partial charge >= 0.3 is 6.03 Å². The van der Waals surface area contributed by atoms with Crippen LogP contribution < -0.4 is 5.32 Å². The number of carbonyl (C=O) groups excluding carboxylic acids is 2. The smallest absolute Gasteiger partial charge is 0.324 e. The Morgan fingerprint density at radius 3 is 2.82 bits per heavy atom. The zero-order valence-electron chi connectivity index (χ0n) is 8.89. The maximum Gasteiger partial charge on any atom is 0.324 e. The van der Waals surface area contributed by atoms with E-state index in [1.54, 1.807) is 6.20 Å². The first kappa shape index (κ1) is 10.7. The molecule has 0 bridgehead atoms. The highest BCUT2D eigenvalue weighted by molar-refractivity contribution is 9.10. The third-order valence-electron chi connectivity index (χ3n) is 3.15. The number of urea groups is 1. The van der Waals surface area contributed by atoms with Gasteiger partial charge in [0.05, 0.1) is 6.54 Å². The molecular weight excluding hydrogens is 286 g/mol. The molecule has 2 atom stereocenters. The van der Waals surface area contributed by atoms with Gasteiger partial charge in [-0.05, 0) is 34.0 Å². The standard InChI is InChI=1S/C11H10BrN3O2/c12-9-2-1-6(4-13-9)7-3-8(7)15-10(16)5-14-11(15)17/h1-2,4,7-8H,3,5H2,(H,14,17). The van der Waals surface area contributed by atoms with Crippen LogP contribution in [-0.2, 0) is 4.79 Å². The van der Waals surface area contributed by atoms with Crippen LogP contribution in [0, 0.1) is 0 Å². The van der Waals surface area contributed by atoms with Gasteiger partial charge in [0, 0.05) is 18.2 Å². The van der Waals surface area contributed by atoms with E-state index in [2.05, 4.69) is 26.2 Å². The number of nitrogens with one attached hydrogen (secondary N) is 1. The lowest BCUT2D eigenvalue weighted by Crippen LogP contribution is -2.33. The molecule has 2 aliphatic rings. The lowest BCUT2D eigenvalue weighted by atomic mass is 10.2. The van der Waals surface area contributed by atoms with Crippen molar-refractivity contribution in [1.29, 1.82) is 0 Å². The van der Waals surface area contributed by atoms with E-state index in [0.717, 1.165) is 16.6 Å². The lowest BCUT2D eigenvalue weighted by Gasteiger charge is -2.11. The Morgan fingerprint density at radius 2 is 2.24 bits per heavy atom. The van der Waals surface area contributed by atoms with Gasteiger partial charge in [0.1, 0.15) is 4.60 Å². The summed E-state index contributed by atoms with van der Waals surface area (Å²) in [6.07, 6.45) is 2.62. The van der Waals surface area contributed by atoms with E-state index in [-0.39, 0.29) is 30.4 Å². The molecule has 1 aliphatic carbocycles.